The number of halogens is 2. The maximum Gasteiger partial charge on any atom is 0.338 e. The third kappa shape index (κ3) is 3.77. The van der Waals surface area contributed by atoms with E-state index >= 15 is 0 Å². The van der Waals surface area contributed by atoms with Crippen LogP contribution in [0.3, 0.4) is 0 Å². The topological polar surface area (TPSA) is 43.4 Å². The highest BCUT2D eigenvalue weighted by atomic mass is 127. The van der Waals surface area contributed by atoms with Crippen LogP contribution in [0.4, 0.5) is 0 Å². The smallest absolute Gasteiger partial charge is 0.338 e. The fraction of sp³-hybridized carbons (Fsp3) is 0.333. The molecule has 0 aliphatic carbocycles. The normalized spacial score (nSPS) is 12.0. The van der Waals surface area contributed by atoms with E-state index in [4.69, 9.17) is 4.74 Å². The van der Waals surface area contributed by atoms with Crippen LogP contribution in [0.2, 0.25) is 0 Å². The summed E-state index contributed by atoms with van der Waals surface area (Å²) in [6.07, 6.45) is 0. The first-order valence-electron chi connectivity index (χ1n) is 5.12. The summed E-state index contributed by atoms with van der Waals surface area (Å²) in [6.45, 7) is 3.76. The predicted molar refractivity (Wildman–Crippen MR) is 77.8 cm³/mol. The SMILES string of the molecule is CCOC(=O)c1ccc(I)cc1C(=O)C(C)Br. The second-order valence-corrected chi connectivity index (χ2v) is 6.01. The Kier molecular flexibility index (Phi) is 5.58. The van der Waals surface area contributed by atoms with Crippen molar-refractivity contribution in [3.8, 4) is 0 Å². The van der Waals surface area contributed by atoms with Crippen LogP contribution in [-0.4, -0.2) is 23.2 Å². The Morgan fingerprint density at radius 1 is 1.41 bits per heavy atom. The number of hydrogen-bond acceptors (Lipinski definition) is 3. The fourth-order valence-corrected chi connectivity index (χ4v) is 2.06. The minimum atomic E-state index is -0.458. The molecule has 92 valence electrons. The minimum Gasteiger partial charge on any atom is -0.462 e. The first-order valence-corrected chi connectivity index (χ1v) is 7.11. The van der Waals surface area contributed by atoms with E-state index in [-0.39, 0.29) is 10.6 Å². The fourth-order valence-electron chi connectivity index (χ4n) is 1.32. The number of hydrogen-bond donors (Lipinski definition) is 0. The molecule has 3 nitrogen and oxygen atoms in total. The second-order valence-electron chi connectivity index (χ2n) is 3.39. The molecule has 1 aromatic carbocycles. The Hall–Kier alpha value is -0.430. The number of rotatable bonds is 4. The Morgan fingerprint density at radius 2 is 2.06 bits per heavy atom. The van der Waals surface area contributed by atoms with E-state index in [9.17, 15) is 9.59 Å². The predicted octanol–water partition coefficient (Wildman–Crippen LogP) is 3.43. The van der Waals surface area contributed by atoms with Crippen molar-refractivity contribution in [1.29, 1.82) is 0 Å². The highest BCUT2D eigenvalue weighted by molar-refractivity contribution is 14.1. The molecule has 1 unspecified atom stereocenters. The third-order valence-electron chi connectivity index (χ3n) is 2.10. The van der Waals surface area contributed by atoms with Gasteiger partial charge in [0.25, 0.3) is 0 Å². The van der Waals surface area contributed by atoms with Crippen molar-refractivity contribution in [2.45, 2.75) is 18.7 Å². The summed E-state index contributed by atoms with van der Waals surface area (Å²) in [5.74, 6) is -0.577. The Balaban J connectivity index is 3.21. The number of esters is 1. The maximum atomic E-state index is 12.0. The molecule has 0 aromatic heterocycles. The van der Waals surface area contributed by atoms with Crippen LogP contribution in [0.15, 0.2) is 18.2 Å². The molecule has 0 amide bonds. The average molecular weight is 411 g/mol. The second kappa shape index (κ2) is 6.49. The van der Waals surface area contributed by atoms with Crippen molar-refractivity contribution >= 4 is 50.3 Å². The molecule has 0 spiro atoms. The molecule has 1 rings (SSSR count). The standard InChI is InChI=1S/C12H12BrIO3/c1-3-17-12(16)9-5-4-8(14)6-10(9)11(15)7(2)13/h4-7H,3H2,1-2H3. The zero-order chi connectivity index (χ0) is 13.0. The summed E-state index contributed by atoms with van der Waals surface area (Å²) >= 11 is 5.32. The van der Waals surface area contributed by atoms with Crippen molar-refractivity contribution in [2.24, 2.45) is 0 Å². The summed E-state index contributed by atoms with van der Waals surface area (Å²) in [6, 6.07) is 5.11. The molecule has 17 heavy (non-hydrogen) atoms. The molecule has 1 aromatic rings. The van der Waals surface area contributed by atoms with Gasteiger partial charge in [0.15, 0.2) is 5.78 Å². The van der Waals surface area contributed by atoms with Crippen molar-refractivity contribution < 1.29 is 14.3 Å². The number of ether oxygens (including phenoxy) is 1. The number of carbonyl (C=O) groups is 2. The number of ketones is 1. The molecule has 0 radical (unpaired) electrons. The lowest BCUT2D eigenvalue weighted by Crippen LogP contribution is -2.17. The van der Waals surface area contributed by atoms with E-state index in [1.165, 1.54) is 0 Å². The highest BCUT2D eigenvalue weighted by Gasteiger charge is 2.21. The van der Waals surface area contributed by atoms with Gasteiger partial charge in [-0.1, -0.05) is 15.9 Å². The third-order valence-corrected chi connectivity index (χ3v) is 3.19. The molecule has 0 fully saturated rings. The van der Waals surface area contributed by atoms with Gasteiger partial charge in [-0.05, 0) is 54.6 Å². The molecule has 0 heterocycles. The molecule has 0 bridgehead atoms. The molecule has 1 atom stereocenters. The van der Waals surface area contributed by atoms with Gasteiger partial charge in [-0.3, -0.25) is 4.79 Å². The number of carbonyl (C=O) groups excluding carboxylic acids is 2. The van der Waals surface area contributed by atoms with Gasteiger partial charge in [-0.25, -0.2) is 4.79 Å². The van der Waals surface area contributed by atoms with Crippen LogP contribution in [-0.2, 0) is 4.74 Å². The molecule has 0 aliphatic heterocycles. The van der Waals surface area contributed by atoms with Gasteiger partial charge in [0, 0.05) is 9.13 Å². The van der Waals surface area contributed by atoms with Crippen LogP contribution >= 0.6 is 38.5 Å². The summed E-state index contributed by atoms with van der Waals surface area (Å²) in [5.41, 5.74) is 0.725. The van der Waals surface area contributed by atoms with Gasteiger partial charge in [-0.15, -0.1) is 0 Å². The van der Waals surface area contributed by atoms with Gasteiger partial charge >= 0.3 is 5.97 Å². The van der Waals surface area contributed by atoms with Crippen LogP contribution < -0.4 is 0 Å². The van der Waals surface area contributed by atoms with Gasteiger partial charge in [0.05, 0.1) is 17.0 Å². The summed E-state index contributed by atoms with van der Waals surface area (Å²) in [7, 11) is 0. The molecule has 0 aliphatic rings. The minimum absolute atomic E-state index is 0.119. The Bertz CT molecular complexity index is 443. The lowest BCUT2D eigenvalue weighted by molar-refractivity contribution is 0.0523. The van der Waals surface area contributed by atoms with Crippen LogP contribution in [0, 0.1) is 3.57 Å². The molecule has 0 saturated heterocycles. The zero-order valence-electron chi connectivity index (χ0n) is 9.50. The Labute approximate surface area is 122 Å². The van der Waals surface area contributed by atoms with Crippen molar-refractivity contribution in [3.63, 3.8) is 0 Å². The van der Waals surface area contributed by atoms with E-state index in [0.717, 1.165) is 3.57 Å². The van der Waals surface area contributed by atoms with E-state index in [1.807, 2.05) is 0 Å². The van der Waals surface area contributed by atoms with E-state index in [2.05, 4.69) is 38.5 Å². The summed E-state index contributed by atoms with van der Waals surface area (Å²) < 4.78 is 5.84. The van der Waals surface area contributed by atoms with Gasteiger partial charge < -0.3 is 4.74 Å². The molecular weight excluding hydrogens is 399 g/mol. The zero-order valence-corrected chi connectivity index (χ0v) is 13.2. The van der Waals surface area contributed by atoms with Crippen LogP contribution in [0.1, 0.15) is 34.6 Å². The number of alkyl halides is 1. The maximum absolute atomic E-state index is 12.0. The van der Waals surface area contributed by atoms with Crippen molar-refractivity contribution in [1.82, 2.24) is 0 Å². The lowest BCUT2D eigenvalue weighted by Gasteiger charge is -2.09. The number of benzene rings is 1. The molecule has 0 N–H and O–H groups in total. The molecule has 5 heteroatoms. The number of Topliss-reactive ketones (excluding diaryl/α,β-unsaturated/α-hetero) is 1. The van der Waals surface area contributed by atoms with Crippen LogP contribution in [0.5, 0.6) is 0 Å². The summed E-state index contributed by atoms with van der Waals surface area (Å²) in [4.78, 5) is 23.4. The monoisotopic (exact) mass is 410 g/mol. The van der Waals surface area contributed by atoms with Gasteiger partial charge in [-0.2, -0.15) is 0 Å². The average Bonchev–Trinajstić information content (AvgIpc) is 2.28. The lowest BCUT2D eigenvalue weighted by atomic mass is 10.0. The first-order chi connectivity index (χ1) is 7.97. The van der Waals surface area contributed by atoms with Gasteiger partial charge in [0.2, 0.25) is 0 Å². The van der Waals surface area contributed by atoms with E-state index in [1.54, 1.807) is 32.0 Å². The quantitative estimate of drug-likeness (QED) is 0.330. The highest BCUT2D eigenvalue weighted by Crippen LogP contribution is 2.19. The molecule has 0 saturated carbocycles. The summed E-state index contributed by atoms with van der Waals surface area (Å²) in [5, 5.41) is 0. The van der Waals surface area contributed by atoms with Crippen LogP contribution in [0.25, 0.3) is 0 Å². The van der Waals surface area contributed by atoms with Crippen molar-refractivity contribution in [3.05, 3.63) is 32.9 Å². The van der Waals surface area contributed by atoms with E-state index < -0.39 is 5.97 Å². The Morgan fingerprint density at radius 3 is 2.59 bits per heavy atom. The van der Waals surface area contributed by atoms with E-state index in [0.29, 0.717) is 17.7 Å². The van der Waals surface area contributed by atoms with Crippen molar-refractivity contribution in [2.75, 3.05) is 6.61 Å². The largest absolute Gasteiger partial charge is 0.462 e. The molecular formula is C12H12BrIO3. The van der Waals surface area contributed by atoms with Gasteiger partial charge in [0.1, 0.15) is 0 Å². The first kappa shape index (κ1) is 14.6.